The smallest absolute Gasteiger partial charge is 0.137 e. The molecule has 2 N–H and O–H groups in total. The van der Waals surface area contributed by atoms with E-state index in [1.807, 2.05) is 13.0 Å². The third-order valence-corrected chi connectivity index (χ3v) is 4.07. The summed E-state index contributed by atoms with van der Waals surface area (Å²) in [4.78, 5) is 0. The fourth-order valence-electron chi connectivity index (χ4n) is 2.51. The van der Waals surface area contributed by atoms with Gasteiger partial charge in [0.25, 0.3) is 0 Å². The summed E-state index contributed by atoms with van der Waals surface area (Å²) in [6.07, 6.45) is 4.18. The SMILES string of the molecule is Cc1ccc(F)c(Br)c1C1(N)CCCC1. The van der Waals surface area contributed by atoms with E-state index in [4.69, 9.17) is 5.73 Å². The first-order chi connectivity index (χ1) is 7.04. The van der Waals surface area contributed by atoms with Crippen molar-refractivity contribution in [3.8, 4) is 0 Å². The first-order valence-corrected chi connectivity index (χ1v) is 6.08. The summed E-state index contributed by atoms with van der Waals surface area (Å²) >= 11 is 3.32. The molecule has 1 nitrogen and oxygen atoms in total. The summed E-state index contributed by atoms with van der Waals surface area (Å²) in [6, 6.07) is 3.30. The van der Waals surface area contributed by atoms with E-state index in [1.165, 1.54) is 6.07 Å². The van der Waals surface area contributed by atoms with Gasteiger partial charge in [-0.1, -0.05) is 18.9 Å². The molecule has 0 aromatic heterocycles. The van der Waals surface area contributed by atoms with Crippen LogP contribution in [0.3, 0.4) is 0 Å². The lowest BCUT2D eigenvalue weighted by Gasteiger charge is -2.27. The second kappa shape index (κ2) is 3.87. The van der Waals surface area contributed by atoms with Crippen LogP contribution in [-0.2, 0) is 5.54 Å². The van der Waals surface area contributed by atoms with Crippen LogP contribution in [0.2, 0.25) is 0 Å². The van der Waals surface area contributed by atoms with Crippen molar-refractivity contribution in [3.05, 3.63) is 33.5 Å². The zero-order chi connectivity index (χ0) is 11.1. The molecule has 1 aromatic rings. The zero-order valence-electron chi connectivity index (χ0n) is 8.82. The average Bonchev–Trinajstić information content (AvgIpc) is 2.60. The van der Waals surface area contributed by atoms with Crippen LogP contribution in [0.1, 0.15) is 36.8 Å². The number of nitrogens with two attached hydrogens (primary N) is 1. The zero-order valence-corrected chi connectivity index (χ0v) is 10.4. The first kappa shape index (κ1) is 11.1. The lowest BCUT2D eigenvalue weighted by atomic mass is 9.86. The minimum atomic E-state index is -0.328. The molecule has 0 saturated heterocycles. The maximum absolute atomic E-state index is 13.5. The van der Waals surface area contributed by atoms with Crippen molar-refractivity contribution in [2.75, 3.05) is 0 Å². The summed E-state index contributed by atoms with van der Waals surface area (Å²) in [5.41, 5.74) is 8.06. The molecule has 15 heavy (non-hydrogen) atoms. The Balaban J connectivity index is 2.55. The van der Waals surface area contributed by atoms with Crippen molar-refractivity contribution in [2.24, 2.45) is 5.73 Å². The molecule has 1 aliphatic rings. The van der Waals surface area contributed by atoms with Crippen LogP contribution in [0.15, 0.2) is 16.6 Å². The van der Waals surface area contributed by atoms with Crippen molar-refractivity contribution in [1.82, 2.24) is 0 Å². The first-order valence-electron chi connectivity index (χ1n) is 5.28. The van der Waals surface area contributed by atoms with E-state index in [0.717, 1.165) is 36.8 Å². The Labute approximate surface area is 98.0 Å². The second-order valence-corrected chi connectivity index (χ2v) is 5.21. The van der Waals surface area contributed by atoms with Gasteiger partial charge in [0.15, 0.2) is 0 Å². The van der Waals surface area contributed by atoms with Crippen molar-refractivity contribution in [1.29, 1.82) is 0 Å². The van der Waals surface area contributed by atoms with Crippen LogP contribution in [0.25, 0.3) is 0 Å². The van der Waals surface area contributed by atoms with Crippen molar-refractivity contribution in [3.63, 3.8) is 0 Å². The van der Waals surface area contributed by atoms with Crippen molar-refractivity contribution >= 4 is 15.9 Å². The van der Waals surface area contributed by atoms with Gasteiger partial charge in [0.05, 0.1) is 4.47 Å². The molecule has 1 aromatic carbocycles. The van der Waals surface area contributed by atoms with Gasteiger partial charge >= 0.3 is 0 Å². The highest BCUT2D eigenvalue weighted by Gasteiger charge is 2.34. The van der Waals surface area contributed by atoms with Crippen molar-refractivity contribution in [2.45, 2.75) is 38.1 Å². The second-order valence-electron chi connectivity index (χ2n) is 4.42. The molecule has 0 amide bonds. The number of rotatable bonds is 1. The minimum absolute atomic E-state index is 0.215. The Morgan fingerprint density at radius 3 is 2.53 bits per heavy atom. The lowest BCUT2D eigenvalue weighted by Crippen LogP contribution is -2.34. The quantitative estimate of drug-likeness (QED) is 0.830. The van der Waals surface area contributed by atoms with Crippen LogP contribution >= 0.6 is 15.9 Å². The van der Waals surface area contributed by atoms with E-state index in [0.29, 0.717) is 4.47 Å². The van der Waals surface area contributed by atoms with Crippen LogP contribution in [0.4, 0.5) is 4.39 Å². The van der Waals surface area contributed by atoms with Crippen LogP contribution < -0.4 is 5.73 Å². The molecule has 0 radical (unpaired) electrons. The summed E-state index contributed by atoms with van der Waals surface area (Å²) < 4.78 is 14.0. The van der Waals surface area contributed by atoms with Gasteiger partial charge in [-0.05, 0) is 52.9 Å². The maximum atomic E-state index is 13.5. The van der Waals surface area contributed by atoms with E-state index in [2.05, 4.69) is 15.9 Å². The van der Waals surface area contributed by atoms with E-state index < -0.39 is 0 Å². The number of hydrogen-bond donors (Lipinski definition) is 1. The Morgan fingerprint density at radius 2 is 1.93 bits per heavy atom. The normalized spacial score (nSPS) is 19.5. The van der Waals surface area contributed by atoms with E-state index in [1.54, 1.807) is 0 Å². The predicted molar refractivity (Wildman–Crippen MR) is 63.2 cm³/mol. The molecule has 0 unspecified atom stereocenters. The van der Waals surface area contributed by atoms with Gasteiger partial charge in [0.1, 0.15) is 5.82 Å². The van der Waals surface area contributed by atoms with Crippen LogP contribution in [0.5, 0.6) is 0 Å². The number of hydrogen-bond acceptors (Lipinski definition) is 1. The molecule has 1 aliphatic carbocycles. The third-order valence-electron chi connectivity index (χ3n) is 3.30. The number of halogens is 2. The molecule has 0 bridgehead atoms. The Kier molecular flexibility index (Phi) is 2.86. The monoisotopic (exact) mass is 271 g/mol. The minimum Gasteiger partial charge on any atom is -0.321 e. The van der Waals surface area contributed by atoms with Gasteiger partial charge in [-0.2, -0.15) is 0 Å². The predicted octanol–water partition coefficient (Wildman–Crippen LogP) is 3.62. The summed E-state index contributed by atoms with van der Waals surface area (Å²) in [6.45, 7) is 1.99. The van der Waals surface area contributed by atoms with Gasteiger partial charge in [-0.3, -0.25) is 0 Å². The highest BCUT2D eigenvalue weighted by atomic mass is 79.9. The number of aryl methyl sites for hydroxylation is 1. The molecular weight excluding hydrogens is 257 g/mol. The summed E-state index contributed by atoms with van der Waals surface area (Å²) in [5.74, 6) is -0.215. The summed E-state index contributed by atoms with van der Waals surface area (Å²) in [5, 5.41) is 0. The van der Waals surface area contributed by atoms with Gasteiger partial charge in [-0.25, -0.2) is 4.39 Å². The average molecular weight is 272 g/mol. The highest BCUT2D eigenvalue weighted by molar-refractivity contribution is 9.10. The van der Waals surface area contributed by atoms with Crippen LogP contribution in [0, 0.1) is 12.7 Å². The molecule has 0 spiro atoms. The third kappa shape index (κ3) is 1.83. The van der Waals surface area contributed by atoms with Crippen molar-refractivity contribution < 1.29 is 4.39 Å². The van der Waals surface area contributed by atoms with E-state index in [9.17, 15) is 4.39 Å². The highest BCUT2D eigenvalue weighted by Crippen LogP contribution is 2.41. The van der Waals surface area contributed by atoms with Gasteiger partial charge in [-0.15, -0.1) is 0 Å². The van der Waals surface area contributed by atoms with Crippen LogP contribution in [-0.4, -0.2) is 0 Å². The molecule has 3 heteroatoms. The Morgan fingerprint density at radius 1 is 1.33 bits per heavy atom. The maximum Gasteiger partial charge on any atom is 0.137 e. The lowest BCUT2D eigenvalue weighted by molar-refractivity contribution is 0.452. The fraction of sp³-hybridized carbons (Fsp3) is 0.500. The molecule has 0 aliphatic heterocycles. The summed E-state index contributed by atoms with van der Waals surface area (Å²) in [7, 11) is 0. The Bertz CT molecular complexity index is 383. The van der Waals surface area contributed by atoms with E-state index in [-0.39, 0.29) is 11.4 Å². The topological polar surface area (TPSA) is 26.0 Å². The molecule has 0 atom stereocenters. The molecular formula is C12H15BrFN. The van der Waals surface area contributed by atoms with E-state index >= 15 is 0 Å². The molecule has 82 valence electrons. The standard InChI is InChI=1S/C12H15BrFN/c1-8-4-5-9(14)11(13)10(8)12(15)6-2-3-7-12/h4-5H,2-3,6-7,15H2,1H3. The fourth-order valence-corrected chi connectivity index (χ4v) is 3.35. The molecule has 0 heterocycles. The largest absolute Gasteiger partial charge is 0.321 e. The van der Waals surface area contributed by atoms with Gasteiger partial charge in [0.2, 0.25) is 0 Å². The Hall–Kier alpha value is -0.410. The van der Waals surface area contributed by atoms with Gasteiger partial charge in [0, 0.05) is 5.54 Å². The number of benzene rings is 1. The molecule has 1 saturated carbocycles. The molecule has 1 fully saturated rings. The van der Waals surface area contributed by atoms with Gasteiger partial charge < -0.3 is 5.73 Å². The molecule has 2 rings (SSSR count).